The van der Waals surface area contributed by atoms with Gasteiger partial charge in [-0.3, -0.25) is 9.59 Å². The van der Waals surface area contributed by atoms with Crippen LogP contribution in [0.3, 0.4) is 0 Å². The van der Waals surface area contributed by atoms with E-state index in [2.05, 4.69) is 15.6 Å². The summed E-state index contributed by atoms with van der Waals surface area (Å²) in [7, 11) is 0. The highest BCUT2D eigenvalue weighted by atomic mass is 16.2. The third-order valence-corrected chi connectivity index (χ3v) is 4.87. The van der Waals surface area contributed by atoms with Crippen LogP contribution < -0.4 is 16.4 Å². The van der Waals surface area contributed by atoms with Gasteiger partial charge in [0, 0.05) is 43.2 Å². The average molecular weight is 355 g/mol. The van der Waals surface area contributed by atoms with Gasteiger partial charge in [0.2, 0.25) is 5.91 Å². The van der Waals surface area contributed by atoms with Crippen LogP contribution in [0.25, 0.3) is 0 Å². The van der Waals surface area contributed by atoms with Crippen LogP contribution in [-0.2, 0) is 11.3 Å². The third-order valence-electron chi connectivity index (χ3n) is 4.87. The third kappa shape index (κ3) is 4.49. The lowest BCUT2D eigenvalue weighted by atomic mass is 9.95. The van der Waals surface area contributed by atoms with Crippen LogP contribution in [0.5, 0.6) is 0 Å². The molecular weight excluding hydrogens is 330 g/mol. The van der Waals surface area contributed by atoms with E-state index >= 15 is 0 Å². The van der Waals surface area contributed by atoms with Crippen molar-refractivity contribution in [3.8, 4) is 0 Å². The molecule has 4 N–H and O–H groups in total. The number of nitrogens with zero attached hydrogens (tertiary/aromatic N) is 2. The van der Waals surface area contributed by atoms with Crippen molar-refractivity contribution in [1.82, 2.24) is 14.9 Å². The second-order valence-corrected chi connectivity index (χ2v) is 7.03. The summed E-state index contributed by atoms with van der Waals surface area (Å²) >= 11 is 0. The molecule has 0 spiro atoms. The standard InChI is InChI=1S/C19H25N5O2/c1-19(12-20,15-5-6-15)23-18(26)14-3-2-4-16(11-14)22-17(25)7-9-24-10-8-21-13-24/h2-4,8,10-11,13,15H,5-7,9,12,20H2,1H3,(H,22,25)(H,23,26). The van der Waals surface area contributed by atoms with Gasteiger partial charge in [-0.05, 0) is 43.9 Å². The smallest absolute Gasteiger partial charge is 0.251 e. The minimum absolute atomic E-state index is 0.110. The Morgan fingerprint density at radius 2 is 2.19 bits per heavy atom. The van der Waals surface area contributed by atoms with Gasteiger partial charge in [0.1, 0.15) is 0 Å². The maximum atomic E-state index is 12.6. The monoisotopic (exact) mass is 355 g/mol. The molecule has 1 aliphatic rings. The molecule has 7 nitrogen and oxygen atoms in total. The molecule has 2 amide bonds. The Balaban J connectivity index is 1.58. The molecule has 7 heteroatoms. The van der Waals surface area contributed by atoms with Gasteiger partial charge in [0.25, 0.3) is 5.91 Å². The zero-order chi connectivity index (χ0) is 18.6. The molecule has 1 heterocycles. The summed E-state index contributed by atoms with van der Waals surface area (Å²) in [5, 5.41) is 5.89. The van der Waals surface area contributed by atoms with Crippen molar-refractivity contribution < 1.29 is 9.59 Å². The molecular formula is C19H25N5O2. The van der Waals surface area contributed by atoms with Crippen molar-refractivity contribution in [1.29, 1.82) is 0 Å². The number of aromatic nitrogens is 2. The van der Waals surface area contributed by atoms with Gasteiger partial charge >= 0.3 is 0 Å². The molecule has 0 bridgehead atoms. The molecule has 26 heavy (non-hydrogen) atoms. The molecule has 1 aromatic carbocycles. The molecule has 1 unspecified atom stereocenters. The van der Waals surface area contributed by atoms with Crippen LogP contribution in [-0.4, -0.2) is 33.4 Å². The zero-order valence-electron chi connectivity index (χ0n) is 14.9. The summed E-state index contributed by atoms with van der Waals surface area (Å²) in [6, 6.07) is 6.96. The molecule has 1 aromatic heterocycles. The van der Waals surface area contributed by atoms with Gasteiger partial charge in [-0.1, -0.05) is 6.07 Å². The average Bonchev–Trinajstić information content (AvgIpc) is 3.37. The first kappa shape index (κ1) is 18.1. The number of carbonyl (C=O) groups is 2. The summed E-state index contributed by atoms with van der Waals surface area (Å²) in [6.45, 7) is 2.96. The topological polar surface area (TPSA) is 102 Å². The van der Waals surface area contributed by atoms with Crippen molar-refractivity contribution in [2.24, 2.45) is 11.7 Å². The van der Waals surface area contributed by atoms with Crippen molar-refractivity contribution >= 4 is 17.5 Å². The lowest BCUT2D eigenvalue weighted by molar-refractivity contribution is -0.116. The zero-order valence-corrected chi connectivity index (χ0v) is 14.9. The first-order valence-corrected chi connectivity index (χ1v) is 8.88. The molecule has 0 saturated heterocycles. The molecule has 1 saturated carbocycles. The molecule has 138 valence electrons. The number of nitrogens with two attached hydrogens (primary N) is 1. The first-order valence-electron chi connectivity index (χ1n) is 8.88. The molecule has 0 aliphatic heterocycles. The van der Waals surface area contributed by atoms with Gasteiger partial charge < -0.3 is 20.9 Å². The Morgan fingerprint density at radius 3 is 2.85 bits per heavy atom. The summed E-state index contributed by atoms with van der Waals surface area (Å²) in [5.41, 5.74) is 6.61. The fourth-order valence-electron chi connectivity index (χ4n) is 2.98. The Kier molecular flexibility index (Phi) is 5.37. The summed E-state index contributed by atoms with van der Waals surface area (Å²) in [5.74, 6) is 0.169. The summed E-state index contributed by atoms with van der Waals surface area (Å²) in [6.07, 6.45) is 7.69. The van der Waals surface area contributed by atoms with E-state index in [1.807, 2.05) is 17.7 Å². The number of hydrogen-bond donors (Lipinski definition) is 3. The van der Waals surface area contributed by atoms with Crippen molar-refractivity contribution in [2.45, 2.75) is 38.3 Å². The van der Waals surface area contributed by atoms with Crippen molar-refractivity contribution in [3.63, 3.8) is 0 Å². The fraction of sp³-hybridized carbons (Fsp3) is 0.421. The number of benzene rings is 1. The number of imidazole rings is 1. The highest BCUT2D eigenvalue weighted by Crippen LogP contribution is 2.39. The largest absolute Gasteiger partial charge is 0.345 e. The number of amides is 2. The Morgan fingerprint density at radius 1 is 1.38 bits per heavy atom. The van der Waals surface area contributed by atoms with Gasteiger partial charge in [0.05, 0.1) is 11.9 Å². The second-order valence-electron chi connectivity index (χ2n) is 7.03. The molecule has 2 aromatic rings. The van der Waals surface area contributed by atoms with E-state index < -0.39 is 0 Å². The quantitative estimate of drug-likeness (QED) is 0.671. The van der Waals surface area contributed by atoms with Gasteiger partial charge in [-0.2, -0.15) is 0 Å². The number of anilines is 1. The van der Waals surface area contributed by atoms with Gasteiger partial charge in [-0.15, -0.1) is 0 Å². The number of nitrogens with one attached hydrogen (secondary N) is 2. The lowest BCUT2D eigenvalue weighted by Crippen LogP contribution is -2.53. The highest BCUT2D eigenvalue weighted by molar-refractivity contribution is 5.97. The van der Waals surface area contributed by atoms with Crippen LogP contribution in [0.15, 0.2) is 43.0 Å². The van der Waals surface area contributed by atoms with E-state index in [0.717, 1.165) is 12.8 Å². The van der Waals surface area contributed by atoms with E-state index in [4.69, 9.17) is 5.73 Å². The SMILES string of the molecule is CC(CN)(NC(=O)c1cccc(NC(=O)CCn2ccnc2)c1)C1CC1. The molecule has 3 rings (SSSR count). The van der Waals surface area contributed by atoms with Crippen molar-refractivity contribution in [3.05, 3.63) is 48.5 Å². The van der Waals surface area contributed by atoms with E-state index in [0.29, 0.717) is 36.7 Å². The van der Waals surface area contributed by atoms with Crippen molar-refractivity contribution in [2.75, 3.05) is 11.9 Å². The number of aryl methyl sites for hydroxylation is 1. The van der Waals surface area contributed by atoms with Crippen LogP contribution >= 0.6 is 0 Å². The minimum Gasteiger partial charge on any atom is -0.345 e. The molecule has 0 radical (unpaired) electrons. The molecule has 1 atom stereocenters. The Labute approximate surface area is 153 Å². The van der Waals surface area contributed by atoms with Crippen LogP contribution in [0.1, 0.15) is 36.5 Å². The first-order chi connectivity index (χ1) is 12.5. The fourth-order valence-corrected chi connectivity index (χ4v) is 2.98. The van der Waals surface area contributed by atoms with E-state index in [1.165, 1.54) is 0 Å². The predicted octanol–water partition coefficient (Wildman–Crippen LogP) is 1.77. The van der Waals surface area contributed by atoms with E-state index in [9.17, 15) is 9.59 Å². The second kappa shape index (κ2) is 7.70. The normalized spacial score (nSPS) is 15.9. The highest BCUT2D eigenvalue weighted by Gasteiger charge is 2.41. The number of hydrogen-bond acceptors (Lipinski definition) is 4. The van der Waals surface area contributed by atoms with E-state index in [-0.39, 0.29) is 17.4 Å². The Hall–Kier alpha value is -2.67. The van der Waals surface area contributed by atoms with Gasteiger partial charge in [0.15, 0.2) is 0 Å². The summed E-state index contributed by atoms with van der Waals surface area (Å²) in [4.78, 5) is 28.6. The summed E-state index contributed by atoms with van der Waals surface area (Å²) < 4.78 is 1.84. The molecule has 1 fully saturated rings. The predicted molar refractivity (Wildman–Crippen MR) is 99.6 cm³/mol. The lowest BCUT2D eigenvalue weighted by Gasteiger charge is -2.29. The van der Waals surface area contributed by atoms with Gasteiger partial charge in [-0.25, -0.2) is 4.98 Å². The van der Waals surface area contributed by atoms with Crippen LogP contribution in [0.4, 0.5) is 5.69 Å². The Bertz CT molecular complexity index is 770. The maximum absolute atomic E-state index is 12.6. The van der Waals surface area contributed by atoms with Crippen LogP contribution in [0, 0.1) is 5.92 Å². The maximum Gasteiger partial charge on any atom is 0.251 e. The number of rotatable bonds is 8. The number of carbonyl (C=O) groups excluding carboxylic acids is 2. The van der Waals surface area contributed by atoms with Crippen LogP contribution in [0.2, 0.25) is 0 Å². The minimum atomic E-state index is -0.374. The molecule has 1 aliphatic carbocycles. The van der Waals surface area contributed by atoms with E-state index in [1.54, 1.807) is 36.8 Å².